The maximum atomic E-state index is 13.1. The SMILES string of the molecule is CNC(=O)CSc1nnc(-c2cccc(S(=O)(=O)N3CCOCC3)c2)n1Cc1ccccc1. The second-order valence-electron chi connectivity index (χ2n) is 7.38. The number of thioether (sulfide) groups is 1. The van der Waals surface area contributed by atoms with Crippen molar-refractivity contribution in [1.82, 2.24) is 24.4 Å². The van der Waals surface area contributed by atoms with Crippen LogP contribution in [0.5, 0.6) is 0 Å². The number of aromatic nitrogens is 3. The summed E-state index contributed by atoms with van der Waals surface area (Å²) in [4.78, 5) is 12.0. The monoisotopic (exact) mass is 487 g/mol. The quantitative estimate of drug-likeness (QED) is 0.483. The van der Waals surface area contributed by atoms with E-state index in [9.17, 15) is 13.2 Å². The number of ether oxygens (including phenoxy) is 1. The minimum atomic E-state index is -3.64. The van der Waals surface area contributed by atoms with Crippen LogP contribution in [0.4, 0.5) is 0 Å². The highest BCUT2D eigenvalue weighted by Crippen LogP contribution is 2.28. The Balaban J connectivity index is 1.70. The van der Waals surface area contributed by atoms with Gasteiger partial charge in [-0.25, -0.2) is 8.42 Å². The fraction of sp³-hybridized carbons (Fsp3) is 0.318. The van der Waals surface area contributed by atoms with Gasteiger partial charge in [-0.2, -0.15) is 4.31 Å². The highest BCUT2D eigenvalue weighted by atomic mass is 32.2. The Morgan fingerprint density at radius 3 is 2.58 bits per heavy atom. The topological polar surface area (TPSA) is 106 Å². The Bertz CT molecular complexity index is 1210. The van der Waals surface area contributed by atoms with Crippen molar-refractivity contribution in [3.8, 4) is 11.4 Å². The van der Waals surface area contributed by atoms with Gasteiger partial charge in [0.05, 0.1) is 30.4 Å². The van der Waals surface area contributed by atoms with Crippen LogP contribution in [0.15, 0.2) is 64.6 Å². The average Bonchev–Trinajstić information content (AvgIpc) is 3.26. The van der Waals surface area contributed by atoms with Gasteiger partial charge in [-0.3, -0.25) is 9.36 Å². The summed E-state index contributed by atoms with van der Waals surface area (Å²) >= 11 is 1.28. The lowest BCUT2D eigenvalue weighted by Gasteiger charge is -2.26. The smallest absolute Gasteiger partial charge is 0.243 e. The fourth-order valence-corrected chi connectivity index (χ4v) is 5.72. The molecule has 0 spiro atoms. The number of benzene rings is 2. The maximum absolute atomic E-state index is 13.1. The van der Waals surface area contributed by atoms with Gasteiger partial charge >= 0.3 is 0 Å². The van der Waals surface area contributed by atoms with E-state index in [1.54, 1.807) is 25.2 Å². The molecule has 1 aliphatic rings. The first kappa shape index (κ1) is 23.4. The van der Waals surface area contributed by atoms with Gasteiger partial charge in [0.25, 0.3) is 0 Å². The van der Waals surface area contributed by atoms with Crippen LogP contribution in [-0.4, -0.2) is 72.5 Å². The third-order valence-corrected chi connectivity index (χ3v) is 8.07. The second kappa shape index (κ2) is 10.5. The van der Waals surface area contributed by atoms with Crippen LogP contribution in [0.3, 0.4) is 0 Å². The lowest BCUT2D eigenvalue weighted by molar-refractivity contribution is -0.118. The molecule has 1 N–H and O–H groups in total. The van der Waals surface area contributed by atoms with Crippen LogP contribution in [0, 0.1) is 0 Å². The minimum Gasteiger partial charge on any atom is -0.379 e. The van der Waals surface area contributed by atoms with Crippen LogP contribution >= 0.6 is 11.8 Å². The van der Waals surface area contributed by atoms with E-state index in [0.29, 0.717) is 49.4 Å². The summed E-state index contributed by atoms with van der Waals surface area (Å²) < 4.78 is 34.9. The van der Waals surface area contributed by atoms with Crippen LogP contribution in [0.1, 0.15) is 5.56 Å². The molecule has 0 saturated carbocycles. The van der Waals surface area contributed by atoms with Crippen molar-refractivity contribution in [2.45, 2.75) is 16.6 Å². The van der Waals surface area contributed by atoms with Gasteiger partial charge in [0.1, 0.15) is 0 Å². The molecule has 0 aliphatic carbocycles. The van der Waals surface area contributed by atoms with Gasteiger partial charge in [0.2, 0.25) is 15.9 Å². The van der Waals surface area contributed by atoms with Crippen molar-refractivity contribution in [1.29, 1.82) is 0 Å². The normalized spacial score (nSPS) is 14.8. The molecule has 0 atom stereocenters. The van der Waals surface area contributed by atoms with Gasteiger partial charge in [-0.05, 0) is 17.7 Å². The molecule has 2 aromatic carbocycles. The van der Waals surface area contributed by atoms with E-state index in [0.717, 1.165) is 5.56 Å². The third kappa shape index (κ3) is 5.44. The van der Waals surface area contributed by atoms with Crippen molar-refractivity contribution in [3.63, 3.8) is 0 Å². The fourth-order valence-electron chi connectivity index (χ4n) is 3.45. The number of carbonyl (C=O) groups excluding carboxylic acids is 1. The molecule has 4 rings (SSSR count). The van der Waals surface area contributed by atoms with Gasteiger partial charge < -0.3 is 10.1 Å². The third-order valence-electron chi connectivity index (χ3n) is 5.21. The highest BCUT2D eigenvalue weighted by Gasteiger charge is 2.27. The van der Waals surface area contributed by atoms with Crippen LogP contribution in [-0.2, 0) is 26.1 Å². The predicted octanol–water partition coefficient (Wildman–Crippen LogP) is 1.85. The molecule has 2 heterocycles. The first-order valence-electron chi connectivity index (χ1n) is 10.5. The van der Waals surface area contributed by atoms with Crippen molar-refractivity contribution < 1.29 is 17.9 Å². The number of hydrogen-bond donors (Lipinski definition) is 1. The molecule has 174 valence electrons. The first-order chi connectivity index (χ1) is 16.0. The van der Waals surface area contributed by atoms with Gasteiger partial charge in [0, 0.05) is 25.7 Å². The minimum absolute atomic E-state index is 0.116. The molecule has 9 nitrogen and oxygen atoms in total. The Labute approximate surface area is 197 Å². The second-order valence-corrected chi connectivity index (χ2v) is 10.3. The van der Waals surface area contributed by atoms with Gasteiger partial charge in [-0.15, -0.1) is 10.2 Å². The number of amides is 1. The average molecular weight is 488 g/mol. The van der Waals surface area contributed by atoms with Gasteiger partial charge in [-0.1, -0.05) is 54.2 Å². The first-order valence-corrected chi connectivity index (χ1v) is 12.9. The number of carbonyl (C=O) groups is 1. The molecule has 11 heteroatoms. The maximum Gasteiger partial charge on any atom is 0.243 e. The molecule has 1 fully saturated rings. The molecule has 1 amide bonds. The number of nitrogens with zero attached hydrogens (tertiary/aromatic N) is 4. The zero-order chi connectivity index (χ0) is 23.3. The molecule has 3 aromatic rings. The van der Waals surface area contributed by atoms with E-state index in [4.69, 9.17) is 4.74 Å². The molecule has 0 unspecified atom stereocenters. The van der Waals surface area contributed by atoms with Crippen LogP contribution in [0.25, 0.3) is 11.4 Å². The van der Waals surface area contributed by atoms with E-state index in [2.05, 4.69) is 15.5 Å². The lowest BCUT2D eigenvalue weighted by Crippen LogP contribution is -2.40. The summed E-state index contributed by atoms with van der Waals surface area (Å²) in [5.41, 5.74) is 1.68. The number of hydrogen-bond acceptors (Lipinski definition) is 7. The largest absolute Gasteiger partial charge is 0.379 e. The van der Waals surface area contributed by atoms with E-state index < -0.39 is 10.0 Å². The molecule has 1 saturated heterocycles. The lowest BCUT2D eigenvalue weighted by atomic mass is 10.2. The Kier molecular flexibility index (Phi) is 7.43. The number of sulfonamides is 1. The Morgan fingerprint density at radius 2 is 1.85 bits per heavy atom. The predicted molar refractivity (Wildman–Crippen MR) is 125 cm³/mol. The molecule has 1 aromatic heterocycles. The zero-order valence-electron chi connectivity index (χ0n) is 18.2. The summed E-state index contributed by atoms with van der Waals surface area (Å²) in [5, 5.41) is 11.8. The Hall–Kier alpha value is -2.73. The number of nitrogens with one attached hydrogen (secondary N) is 1. The van der Waals surface area contributed by atoms with Crippen molar-refractivity contribution >= 4 is 27.7 Å². The molecule has 1 aliphatic heterocycles. The van der Waals surface area contributed by atoms with E-state index in [1.165, 1.54) is 16.1 Å². The summed E-state index contributed by atoms with van der Waals surface area (Å²) in [6, 6.07) is 16.6. The van der Waals surface area contributed by atoms with Crippen molar-refractivity contribution in [3.05, 3.63) is 60.2 Å². The van der Waals surface area contributed by atoms with Crippen LogP contribution in [0.2, 0.25) is 0 Å². The van der Waals surface area contributed by atoms with E-state index in [-0.39, 0.29) is 16.6 Å². The van der Waals surface area contributed by atoms with Crippen molar-refractivity contribution in [2.75, 3.05) is 39.1 Å². The number of rotatable bonds is 8. The standard InChI is InChI=1S/C22H25N5O4S2/c1-23-20(28)16-32-22-25-24-21(27(22)15-17-6-3-2-4-7-17)18-8-5-9-19(14-18)33(29,30)26-10-12-31-13-11-26/h2-9,14H,10-13,15-16H2,1H3,(H,23,28). The highest BCUT2D eigenvalue weighted by molar-refractivity contribution is 7.99. The molecular weight excluding hydrogens is 462 g/mol. The van der Waals surface area contributed by atoms with Gasteiger partial charge in [0.15, 0.2) is 11.0 Å². The molecule has 0 bridgehead atoms. The van der Waals surface area contributed by atoms with Crippen LogP contribution < -0.4 is 5.32 Å². The summed E-state index contributed by atoms with van der Waals surface area (Å²) in [6.07, 6.45) is 0. The zero-order valence-corrected chi connectivity index (χ0v) is 19.8. The summed E-state index contributed by atoms with van der Waals surface area (Å²) in [7, 11) is -2.06. The summed E-state index contributed by atoms with van der Waals surface area (Å²) in [6.45, 7) is 1.92. The molecular formula is C22H25N5O4S2. The molecule has 33 heavy (non-hydrogen) atoms. The van der Waals surface area contributed by atoms with Crippen molar-refractivity contribution in [2.24, 2.45) is 0 Å². The number of morpholine rings is 1. The molecule has 0 radical (unpaired) electrons. The van der Waals surface area contributed by atoms with E-state index >= 15 is 0 Å². The summed E-state index contributed by atoms with van der Waals surface area (Å²) in [5.74, 6) is 0.626. The van der Waals surface area contributed by atoms with E-state index in [1.807, 2.05) is 41.0 Å². The Morgan fingerprint density at radius 1 is 1.09 bits per heavy atom.